The lowest BCUT2D eigenvalue weighted by Crippen LogP contribution is -2.41. The molecule has 160 valence electrons. The van der Waals surface area contributed by atoms with E-state index in [-0.39, 0.29) is 18.0 Å². The van der Waals surface area contributed by atoms with Crippen molar-refractivity contribution in [1.82, 2.24) is 20.4 Å². The highest BCUT2D eigenvalue weighted by Crippen LogP contribution is 2.31. The third-order valence-electron chi connectivity index (χ3n) is 5.24. The molecule has 3 amide bonds. The molecule has 4 rings (SSSR count). The Labute approximate surface area is 180 Å². The minimum absolute atomic E-state index is 0.172. The van der Waals surface area contributed by atoms with Gasteiger partial charge in [-0.2, -0.15) is 4.98 Å². The molecule has 0 saturated carbocycles. The maximum Gasteiger partial charge on any atom is 0.322 e. The highest BCUT2D eigenvalue weighted by atomic mass is 16.5. The third kappa shape index (κ3) is 4.74. The van der Waals surface area contributed by atoms with Crippen molar-refractivity contribution in [1.29, 1.82) is 0 Å². The van der Waals surface area contributed by atoms with Gasteiger partial charge in [-0.05, 0) is 44.4 Å². The van der Waals surface area contributed by atoms with Gasteiger partial charge in [0.05, 0.1) is 0 Å². The molecule has 0 bridgehead atoms. The summed E-state index contributed by atoms with van der Waals surface area (Å²) >= 11 is 0. The average molecular weight is 419 g/mol. The molecule has 8 heteroatoms. The van der Waals surface area contributed by atoms with Gasteiger partial charge in [-0.1, -0.05) is 41.6 Å². The van der Waals surface area contributed by atoms with E-state index < -0.39 is 0 Å². The van der Waals surface area contributed by atoms with Crippen LogP contribution in [0.2, 0.25) is 0 Å². The van der Waals surface area contributed by atoms with E-state index in [0.717, 1.165) is 24.8 Å². The SMILES string of the molecule is CCNC(=O)c1cccc(NC(=O)N2CCCCC2c2nc(-c3ccccc3)no2)c1. The third-order valence-corrected chi connectivity index (χ3v) is 5.24. The lowest BCUT2D eigenvalue weighted by atomic mass is 10.0. The molecule has 1 aromatic heterocycles. The zero-order chi connectivity index (χ0) is 21.6. The number of hydrogen-bond donors (Lipinski definition) is 2. The number of aromatic nitrogens is 2. The van der Waals surface area contributed by atoms with Crippen LogP contribution in [0.5, 0.6) is 0 Å². The lowest BCUT2D eigenvalue weighted by Gasteiger charge is -2.33. The Morgan fingerprint density at radius 2 is 1.97 bits per heavy atom. The van der Waals surface area contributed by atoms with Crippen LogP contribution in [-0.2, 0) is 0 Å². The predicted molar refractivity (Wildman–Crippen MR) is 116 cm³/mol. The van der Waals surface area contributed by atoms with Gasteiger partial charge in [0, 0.05) is 29.9 Å². The van der Waals surface area contributed by atoms with E-state index in [0.29, 0.717) is 36.1 Å². The Kier molecular flexibility index (Phi) is 6.26. The molecule has 1 fully saturated rings. The van der Waals surface area contributed by atoms with E-state index in [2.05, 4.69) is 20.8 Å². The first-order valence-electron chi connectivity index (χ1n) is 10.5. The Morgan fingerprint density at radius 1 is 1.13 bits per heavy atom. The number of hydrogen-bond acceptors (Lipinski definition) is 5. The van der Waals surface area contributed by atoms with Gasteiger partial charge in [0.15, 0.2) is 0 Å². The molecule has 31 heavy (non-hydrogen) atoms. The van der Waals surface area contributed by atoms with Gasteiger partial charge in [0.1, 0.15) is 6.04 Å². The molecule has 1 aliphatic rings. The fraction of sp³-hybridized carbons (Fsp3) is 0.304. The number of nitrogens with zero attached hydrogens (tertiary/aromatic N) is 3. The normalized spacial score (nSPS) is 16.0. The lowest BCUT2D eigenvalue weighted by molar-refractivity contribution is 0.0955. The van der Waals surface area contributed by atoms with Crippen LogP contribution in [0.25, 0.3) is 11.4 Å². The fourth-order valence-corrected chi connectivity index (χ4v) is 3.70. The highest BCUT2D eigenvalue weighted by molar-refractivity contribution is 5.96. The summed E-state index contributed by atoms with van der Waals surface area (Å²) in [6, 6.07) is 16.0. The summed E-state index contributed by atoms with van der Waals surface area (Å²) in [6.07, 6.45) is 2.63. The summed E-state index contributed by atoms with van der Waals surface area (Å²) in [7, 11) is 0. The summed E-state index contributed by atoms with van der Waals surface area (Å²) in [5.41, 5.74) is 1.93. The number of urea groups is 1. The molecule has 8 nitrogen and oxygen atoms in total. The van der Waals surface area contributed by atoms with Crippen LogP contribution in [0.15, 0.2) is 59.1 Å². The average Bonchev–Trinajstić information content (AvgIpc) is 3.30. The minimum Gasteiger partial charge on any atom is -0.352 e. The molecule has 2 heterocycles. The van der Waals surface area contributed by atoms with Crippen LogP contribution in [-0.4, -0.2) is 40.1 Å². The molecular weight excluding hydrogens is 394 g/mol. The van der Waals surface area contributed by atoms with E-state index in [1.807, 2.05) is 37.3 Å². The van der Waals surface area contributed by atoms with Gasteiger partial charge in [0.25, 0.3) is 5.91 Å². The van der Waals surface area contributed by atoms with E-state index in [1.54, 1.807) is 29.2 Å². The number of likely N-dealkylation sites (tertiary alicyclic amines) is 1. The monoisotopic (exact) mass is 419 g/mol. The summed E-state index contributed by atoms with van der Waals surface area (Å²) < 4.78 is 5.53. The van der Waals surface area contributed by atoms with Crippen molar-refractivity contribution in [2.45, 2.75) is 32.2 Å². The largest absolute Gasteiger partial charge is 0.352 e. The molecule has 1 atom stereocenters. The van der Waals surface area contributed by atoms with Crippen molar-refractivity contribution in [3.05, 3.63) is 66.1 Å². The van der Waals surface area contributed by atoms with Crippen molar-refractivity contribution >= 4 is 17.6 Å². The topological polar surface area (TPSA) is 100 Å². The second-order valence-corrected chi connectivity index (χ2v) is 7.40. The standard InChI is InChI=1S/C23H25N5O3/c1-2-24-21(29)17-11-8-12-18(15-17)25-23(30)28-14-7-6-13-19(28)22-26-20(27-31-22)16-9-4-3-5-10-16/h3-5,8-12,15,19H,2,6-7,13-14H2,1H3,(H,24,29)(H,25,30). The molecule has 2 aromatic carbocycles. The first-order valence-corrected chi connectivity index (χ1v) is 10.5. The Morgan fingerprint density at radius 3 is 2.77 bits per heavy atom. The summed E-state index contributed by atoms with van der Waals surface area (Å²) in [6.45, 7) is 3.00. The predicted octanol–water partition coefficient (Wildman–Crippen LogP) is 4.25. The van der Waals surface area contributed by atoms with Crippen LogP contribution < -0.4 is 10.6 Å². The van der Waals surface area contributed by atoms with Crippen LogP contribution in [0.1, 0.15) is 48.5 Å². The van der Waals surface area contributed by atoms with Crippen LogP contribution in [0.3, 0.4) is 0 Å². The van der Waals surface area contributed by atoms with Gasteiger partial charge in [-0.3, -0.25) is 4.79 Å². The highest BCUT2D eigenvalue weighted by Gasteiger charge is 2.32. The van der Waals surface area contributed by atoms with Crippen LogP contribution in [0, 0.1) is 0 Å². The summed E-state index contributed by atoms with van der Waals surface area (Å²) in [5, 5.41) is 9.76. The Bertz CT molecular complexity index is 1050. The number of anilines is 1. The van der Waals surface area contributed by atoms with Gasteiger partial charge >= 0.3 is 6.03 Å². The molecule has 2 N–H and O–H groups in total. The van der Waals surface area contributed by atoms with Crippen molar-refractivity contribution in [3.63, 3.8) is 0 Å². The number of rotatable bonds is 5. The molecular formula is C23H25N5O3. The van der Waals surface area contributed by atoms with E-state index in [1.165, 1.54) is 0 Å². The molecule has 3 aromatic rings. The number of piperidine rings is 1. The van der Waals surface area contributed by atoms with E-state index in [9.17, 15) is 9.59 Å². The maximum absolute atomic E-state index is 13.1. The molecule has 0 aliphatic carbocycles. The first-order chi connectivity index (χ1) is 15.2. The number of nitrogens with one attached hydrogen (secondary N) is 2. The quantitative estimate of drug-likeness (QED) is 0.644. The Hall–Kier alpha value is -3.68. The van der Waals surface area contributed by atoms with Gasteiger partial charge in [-0.25, -0.2) is 4.79 Å². The van der Waals surface area contributed by atoms with E-state index >= 15 is 0 Å². The molecule has 1 unspecified atom stereocenters. The van der Waals surface area contributed by atoms with Crippen molar-refractivity contribution in [2.24, 2.45) is 0 Å². The van der Waals surface area contributed by atoms with Crippen LogP contribution in [0.4, 0.5) is 10.5 Å². The second-order valence-electron chi connectivity index (χ2n) is 7.40. The van der Waals surface area contributed by atoms with Crippen molar-refractivity contribution in [3.8, 4) is 11.4 Å². The smallest absolute Gasteiger partial charge is 0.322 e. The first kappa shape index (κ1) is 20.6. The van der Waals surface area contributed by atoms with Crippen molar-refractivity contribution in [2.75, 3.05) is 18.4 Å². The van der Waals surface area contributed by atoms with Gasteiger partial charge in [-0.15, -0.1) is 0 Å². The fourth-order valence-electron chi connectivity index (χ4n) is 3.70. The number of benzene rings is 2. The molecule has 0 radical (unpaired) electrons. The summed E-state index contributed by atoms with van der Waals surface area (Å²) in [4.78, 5) is 31.4. The molecule has 0 spiro atoms. The Balaban J connectivity index is 1.50. The second kappa shape index (κ2) is 9.42. The number of amides is 3. The molecule has 1 saturated heterocycles. The number of carbonyl (C=O) groups excluding carboxylic acids is 2. The van der Waals surface area contributed by atoms with E-state index in [4.69, 9.17) is 4.52 Å². The zero-order valence-electron chi connectivity index (χ0n) is 17.4. The maximum atomic E-state index is 13.1. The van der Waals surface area contributed by atoms with Crippen molar-refractivity contribution < 1.29 is 14.1 Å². The number of carbonyl (C=O) groups is 2. The van der Waals surface area contributed by atoms with Crippen LogP contribution >= 0.6 is 0 Å². The minimum atomic E-state index is -0.287. The summed E-state index contributed by atoms with van der Waals surface area (Å²) in [5.74, 6) is 0.773. The van der Waals surface area contributed by atoms with Gasteiger partial charge < -0.3 is 20.1 Å². The van der Waals surface area contributed by atoms with Gasteiger partial charge in [0.2, 0.25) is 11.7 Å². The molecule has 1 aliphatic heterocycles. The zero-order valence-corrected chi connectivity index (χ0v) is 17.4.